The number of rotatable bonds is 1. The number of halogens is 1. The highest BCUT2D eigenvalue weighted by Gasteiger charge is 2.47. The summed E-state index contributed by atoms with van der Waals surface area (Å²) in [5.74, 6) is 2.08. The summed E-state index contributed by atoms with van der Waals surface area (Å²) >= 11 is 2.37. The van der Waals surface area contributed by atoms with Crippen molar-refractivity contribution in [2.24, 2.45) is 11.8 Å². The second kappa shape index (κ2) is 5.47. The Morgan fingerprint density at radius 2 is 1.70 bits per heavy atom. The molecule has 2 aliphatic rings. The van der Waals surface area contributed by atoms with Gasteiger partial charge in [0.15, 0.2) is 0 Å². The number of benzene rings is 2. The van der Waals surface area contributed by atoms with Crippen molar-refractivity contribution < 1.29 is 0 Å². The van der Waals surface area contributed by atoms with E-state index in [2.05, 4.69) is 98.0 Å². The van der Waals surface area contributed by atoms with Crippen LogP contribution in [0.1, 0.15) is 44.2 Å². The third kappa shape index (κ3) is 2.39. The van der Waals surface area contributed by atoms with E-state index in [4.69, 9.17) is 0 Å². The number of hydrogen-bond donors (Lipinski definition) is 0. The summed E-state index contributed by atoms with van der Waals surface area (Å²) in [6, 6.07) is 16.0. The largest absolute Gasteiger partial charge is 0.0879 e. The Balaban J connectivity index is 1.84. The second-order valence-electron chi connectivity index (χ2n) is 7.72. The molecule has 0 amide bonds. The normalized spacial score (nSPS) is 27.6. The summed E-state index contributed by atoms with van der Waals surface area (Å²) < 4.78 is 1.29. The molecule has 1 unspecified atom stereocenters. The molecule has 0 aromatic heterocycles. The van der Waals surface area contributed by atoms with Crippen molar-refractivity contribution in [3.05, 3.63) is 69.3 Å². The van der Waals surface area contributed by atoms with E-state index >= 15 is 0 Å². The lowest BCUT2D eigenvalue weighted by Crippen LogP contribution is -2.28. The van der Waals surface area contributed by atoms with E-state index in [-0.39, 0.29) is 5.41 Å². The number of fused-ring (bicyclic) bond motifs is 3. The fraction of sp³-hybridized carbons (Fsp3) is 0.364. The second-order valence-corrected chi connectivity index (χ2v) is 8.97. The Hall–Kier alpha value is -1.09. The van der Waals surface area contributed by atoms with Crippen LogP contribution in [-0.2, 0) is 5.41 Å². The Labute approximate surface area is 153 Å². The maximum Gasteiger partial charge on any atom is 0.0130 e. The van der Waals surface area contributed by atoms with Crippen LogP contribution in [0, 0.1) is 15.4 Å². The average Bonchev–Trinajstić information content (AvgIpc) is 2.77. The SMILES string of the molecule is C[C@@H]1CC=CC2[C@@H]1c1ccc(-c3ccc(I)cc3)cc1C2(C)C. The van der Waals surface area contributed by atoms with Gasteiger partial charge in [0.1, 0.15) is 0 Å². The molecule has 1 heteroatoms. The smallest absolute Gasteiger partial charge is 0.0130 e. The molecule has 4 rings (SSSR count). The van der Waals surface area contributed by atoms with Gasteiger partial charge in [0.25, 0.3) is 0 Å². The van der Waals surface area contributed by atoms with E-state index in [0.717, 1.165) is 5.92 Å². The fourth-order valence-corrected chi connectivity index (χ4v) is 5.02. The molecule has 3 atom stereocenters. The molecule has 23 heavy (non-hydrogen) atoms. The zero-order valence-corrected chi connectivity index (χ0v) is 16.2. The van der Waals surface area contributed by atoms with Crippen LogP contribution in [0.5, 0.6) is 0 Å². The van der Waals surface area contributed by atoms with Gasteiger partial charge in [0.2, 0.25) is 0 Å². The molecule has 0 N–H and O–H groups in total. The molecule has 118 valence electrons. The summed E-state index contributed by atoms with van der Waals surface area (Å²) in [7, 11) is 0. The minimum Gasteiger partial charge on any atom is -0.0879 e. The van der Waals surface area contributed by atoms with Crippen LogP contribution in [0.25, 0.3) is 11.1 Å². The predicted octanol–water partition coefficient (Wildman–Crippen LogP) is 6.55. The molecule has 0 aliphatic heterocycles. The standard InChI is InChI=1S/C22H23I/c1-14-5-4-6-19-21(14)18-12-9-16(13-20(18)22(19,2)3)15-7-10-17(23)11-8-15/h4,6-14,19,21H,5H2,1-3H3/t14-,19?,21+/m1/s1. The van der Waals surface area contributed by atoms with Crippen molar-refractivity contribution >= 4 is 22.6 Å². The fourth-order valence-electron chi connectivity index (χ4n) is 4.66. The van der Waals surface area contributed by atoms with Gasteiger partial charge in [-0.3, -0.25) is 0 Å². The van der Waals surface area contributed by atoms with Crippen LogP contribution < -0.4 is 0 Å². The van der Waals surface area contributed by atoms with Crippen molar-refractivity contribution in [2.75, 3.05) is 0 Å². The highest BCUT2D eigenvalue weighted by atomic mass is 127. The van der Waals surface area contributed by atoms with Crippen LogP contribution in [0.15, 0.2) is 54.6 Å². The summed E-state index contributed by atoms with van der Waals surface area (Å²) in [6.07, 6.45) is 6.10. The van der Waals surface area contributed by atoms with Gasteiger partial charge >= 0.3 is 0 Å². The Morgan fingerprint density at radius 3 is 2.43 bits per heavy atom. The van der Waals surface area contributed by atoms with Gasteiger partial charge < -0.3 is 0 Å². The van der Waals surface area contributed by atoms with Crippen LogP contribution in [0.3, 0.4) is 0 Å². The molecule has 0 nitrogen and oxygen atoms in total. The van der Waals surface area contributed by atoms with Gasteiger partial charge in [-0.1, -0.05) is 63.3 Å². The van der Waals surface area contributed by atoms with Gasteiger partial charge in [-0.2, -0.15) is 0 Å². The van der Waals surface area contributed by atoms with Gasteiger partial charge in [-0.05, 0) is 86.6 Å². The summed E-state index contributed by atoms with van der Waals surface area (Å²) in [6.45, 7) is 7.27. The van der Waals surface area contributed by atoms with Crippen LogP contribution in [-0.4, -0.2) is 0 Å². The monoisotopic (exact) mass is 414 g/mol. The summed E-state index contributed by atoms with van der Waals surface area (Å²) in [4.78, 5) is 0. The molecular weight excluding hydrogens is 391 g/mol. The average molecular weight is 414 g/mol. The first-order chi connectivity index (χ1) is 11.0. The molecule has 0 heterocycles. The molecule has 0 saturated carbocycles. The molecule has 2 aromatic rings. The zero-order valence-electron chi connectivity index (χ0n) is 14.0. The van der Waals surface area contributed by atoms with Crippen LogP contribution in [0.2, 0.25) is 0 Å². The van der Waals surface area contributed by atoms with Crippen molar-refractivity contribution in [2.45, 2.75) is 38.5 Å². The molecule has 2 aromatic carbocycles. The minimum absolute atomic E-state index is 0.227. The molecule has 0 saturated heterocycles. The highest BCUT2D eigenvalue weighted by Crippen LogP contribution is 2.56. The van der Waals surface area contributed by atoms with Crippen LogP contribution >= 0.6 is 22.6 Å². The highest BCUT2D eigenvalue weighted by molar-refractivity contribution is 14.1. The van der Waals surface area contributed by atoms with E-state index in [1.807, 2.05) is 0 Å². The third-order valence-electron chi connectivity index (χ3n) is 5.97. The first kappa shape index (κ1) is 15.4. The molecule has 0 spiro atoms. The molecule has 0 radical (unpaired) electrons. The molecular formula is C22H23I. The maximum atomic E-state index is 2.48. The Morgan fingerprint density at radius 1 is 1.00 bits per heavy atom. The summed E-state index contributed by atoms with van der Waals surface area (Å²) in [5, 5.41) is 0. The molecule has 0 fully saturated rings. The van der Waals surface area contributed by atoms with Gasteiger partial charge in [-0.25, -0.2) is 0 Å². The van der Waals surface area contributed by atoms with E-state index < -0.39 is 0 Å². The third-order valence-corrected chi connectivity index (χ3v) is 6.69. The molecule has 0 bridgehead atoms. The lowest BCUT2D eigenvalue weighted by Gasteiger charge is -2.34. The van der Waals surface area contributed by atoms with Crippen molar-refractivity contribution in [3.63, 3.8) is 0 Å². The van der Waals surface area contributed by atoms with E-state index in [1.54, 1.807) is 11.1 Å². The van der Waals surface area contributed by atoms with Crippen molar-refractivity contribution in [3.8, 4) is 11.1 Å². The quantitative estimate of drug-likeness (QED) is 0.367. The van der Waals surface area contributed by atoms with Gasteiger partial charge in [0.05, 0.1) is 0 Å². The predicted molar refractivity (Wildman–Crippen MR) is 107 cm³/mol. The first-order valence-corrected chi connectivity index (χ1v) is 9.63. The molecule has 2 aliphatic carbocycles. The number of hydrogen-bond acceptors (Lipinski definition) is 0. The lowest BCUT2D eigenvalue weighted by atomic mass is 9.69. The van der Waals surface area contributed by atoms with E-state index in [9.17, 15) is 0 Å². The van der Waals surface area contributed by atoms with Gasteiger partial charge in [0, 0.05) is 3.57 Å². The van der Waals surface area contributed by atoms with Gasteiger partial charge in [-0.15, -0.1) is 0 Å². The summed E-state index contributed by atoms with van der Waals surface area (Å²) in [5.41, 5.74) is 6.05. The van der Waals surface area contributed by atoms with E-state index in [1.165, 1.54) is 21.1 Å². The van der Waals surface area contributed by atoms with Crippen molar-refractivity contribution in [1.82, 2.24) is 0 Å². The van der Waals surface area contributed by atoms with E-state index in [0.29, 0.717) is 11.8 Å². The Bertz CT molecular complexity index is 767. The maximum absolute atomic E-state index is 2.48. The van der Waals surface area contributed by atoms with Crippen molar-refractivity contribution in [1.29, 1.82) is 0 Å². The lowest BCUT2D eigenvalue weighted by molar-refractivity contribution is 0.293. The Kier molecular flexibility index (Phi) is 3.67. The van der Waals surface area contributed by atoms with Crippen LogP contribution in [0.4, 0.5) is 0 Å². The minimum atomic E-state index is 0.227. The first-order valence-electron chi connectivity index (χ1n) is 8.55. The number of allylic oxidation sites excluding steroid dienone is 2. The topological polar surface area (TPSA) is 0 Å². The zero-order chi connectivity index (χ0) is 16.2.